The number of aromatic nitrogens is 3. The molecule has 0 aliphatic heterocycles. The summed E-state index contributed by atoms with van der Waals surface area (Å²) in [7, 11) is 0. The number of nitrogens with zero attached hydrogens (tertiary/aromatic N) is 2. The van der Waals surface area contributed by atoms with Crippen LogP contribution in [0.5, 0.6) is 0 Å². The van der Waals surface area contributed by atoms with Crippen molar-refractivity contribution in [1.82, 2.24) is 15.0 Å². The summed E-state index contributed by atoms with van der Waals surface area (Å²) in [5.74, 6) is 0. The molecule has 0 radical (unpaired) electrons. The van der Waals surface area contributed by atoms with Crippen LogP contribution < -0.4 is 5.56 Å². The van der Waals surface area contributed by atoms with Crippen LogP contribution in [0.4, 0.5) is 0 Å². The SMILES string of the molecule is Cc1nn(-c2ccccc2)[nH]c1=O. The zero-order valence-electron chi connectivity index (χ0n) is 7.19. The van der Waals surface area contributed by atoms with Crippen LogP contribution >= 0.6 is 0 Å². The van der Waals surface area contributed by atoms with Crippen molar-refractivity contribution < 1.29 is 0 Å². The average Bonchev–Trinajstić information content (AvgIpc) is 2.49. The number of hydrogen-bond acceptors (Lipinski definition) is 2. The van der Waals surface area contributed by atoms with Gasteiger partial charge < -0.3 is 0 Å². The fourth-order valence-corrected chi connectivity index (χ4v) is 1.09. The Labute approximate surface area is 74.8 Å². The lowest BCUT2D eigenvalue weighted by molar-refractivity contribution is 0.741. The van der Waals surface area contributed by atoms with Gasteiger partial charge >= 0.3 is 0 Å². The molecule has 0 aliphatic carbocycles. The van der Waals surface area contributed by atoms with Crippen molar-refractivity contribution in [3.63, 3.8) is 0 Å². The Kier molecular flexibility index (Phi) is 1.73. The third-order valence-corrected chi connectivity index (χ3v) is 1.79. The lowest BCUT2D eigenvalue weighted by atomic mass is 10.3. The highest BCUT2D eigenvalue weighted by Gasteiger charge is 2.00. The average molecular weight is 175 g/mol. The van der Waals surface area contributed by atoms with Crippen LogP contribution in [0.2, 0.25) is 0 Å². The lowest BCUT2D eigenvalue weighted by Crippen LogP contribution is -2.04. The van der Waals surface area contributed by atoms with Crippen molar-refractivity contribution in [2.24, 2.45) is 0 Å². The minimum absolute atomic E-state index is 0.149. The van der Waals surface area contributed by atoms with Gasteiger partial charge in [0, 0.05) is 0 Å². The Balaban J connectivity index is 2.54. The molecule has 0 atom stereocenters. The minimum Gasteiger partial charge on any atom is -0.266 e. The van der Waals surface area contributed by atoms with Crippen LogP contribution in [-0.2, 0) is 0 Å². The smallest absolute Gasteiger partial charge is 0.266 e. The molecule has 1 N–H and O–H groups in total. The third-order valence-electron chi connectivity index (χ3n) is 1.79. The van der Waals surface area contributed by atoms with Gasteiger partial charge in [0.1, 0.15) is 5.69 Å². The number of para-hydroxylation sites is 1. The lowest BCUT2D eigenvalue weighted by Gasteiger charge is -1.97. The molecule has 1 aromatic heterocycles. The molecule has 0 fully saturated rings. The van der Waals surface area contributed by atoms with E-state index in [-0.39, 0.29) is 5.56 Å². The second kappa shape index (κ2) is 2.90. The molecule has 66 valence electrons. The van der Waals surface area contributed by atoms with Crippen molar-refractivity contribution in [2.75, 3.05) is 0 Å². The van der Waals surface area contributed by atoms with Crippen LogP contribution in [0, 0.1) is 6.92 Å². The Hall–Kier alpha value is -1.84. The molecule has 0 spiro atoms. The summed E-state index contributed by atoms with van der Waals surface area (Å²) >= 11 is 0. The number of hydrogen-bond donors (Lipinski definition) is 1. The molecule has 0 aliphatic rings. The van der Waals surface area contributed by atoms with Crippen LogP contribution in [0.3, 0.4) is 0 Å². The van der Waals surface area contributed by atoms with Gasteiger partial charge in [-0.05, 0) is 19.1 Å². The molecule has 1 aromatic carbocycles. The van der Waals surface area contributed by atoms with E-state index >= 15 is 0 Å². The van der Waals surface area contributed by atoms with E-state index in [9.17, 15) is 4.79 Å². The number of aromatic amines is 1. The molecule has 13 heavy (non-hydrogen) atoms. The summed E-state index contributed by atoms with van der Waals surface area (Å²) in [5, 5.41) is 6.64. The van der Waals surface area contributed by atoms with E-state index in [1.165, 1.54) is 4.80 Å². The first-order valence-corrected chi connectivity index (χ1v) is 3.99. The normalized spacial score (nSPS) is 10.2. The summed E-state index contributed by atoms with van der Waals surface area (Å²) in [4.78, 5) is 12.5. The Morgan fingerprint density at radius 1 is 1.31 bits per heavy atom. The highest BCUT2D eigenvalue weighted by atomic mass is 16.1. The number of H-pyrrole nitrogens is 1. The molecule has 4 heteroatoms. The molecular formula is C9H9N3O. The van der Waals surface area contributed by atoms with Crippen LogP contribution in [0.25, 0.3) is 5.69 Å². The fraction of sp³-hybridized carbons (Fsp3) is 0.111. The summed E-state index contributed by atoms with van der Waals surface area (Å²) < 4.78 is 0. The molecule has 0 bridgehead atoms. The maximum absolute atomic E-state index is 11.1. The van der Waals surface area contributed by atoms with Gasteiger partial charge in [0.25, 0.3) is 5.56 Å². The van der Waals surface area contributed by atoms with Gasteiger partial charge in [-0.3, -0.25) is 4.79 Å². The molecule has 0 unspecified atom stereocenters. The number of aryl methyl sites for hydroxylation is 1. The predicted molar refractivity (Wildman–Crippen MR) is 48.9 cm³/mol. The monoisotopic (exact) mass is 175 g/mol. The highest BCUT2D eigenvalue weighted by molar-refractivity contribution is 5.28. The molecular weight excluding hydrogens is 166 g/mol. The van der Waals surface area contributed by atoms with E-state index in [0.29, 0.717) is 5.69 Å². The quantitative estimate of drug-likeness (QED) is 0.699. The van der Waals surface area contributed by atoms with Gasteiger partial charge in [0.15, 0.2) is 0 Å². The molecule has 0 saturated carbocycles. The highest BCUT2D eigenvalue weighted by Crippen LogP contribution is 2.01. The molecule has 1 heterocycles. The van der Waals surface area contributed by atoms with Crippen molar-refractivity contribution in [2.45, 2.75) is 6.92 Å². The maximum atomic E-state index is 11.1. The van der Waals surface area contributed by atoms with E-state index in [1.807, 2.05) is 30.3 Å². The zero-order chi connectivity index (χ0) is 9.26. The van der Waals surface area contributed by atoms with E-state index < -0.39 is 0 Å². The van der Waals surface area contributed by atoms with Crippen LogP contribution in [0.15, 0.2) is 35.1 Å². The maximum Gasteiger partial charge on any atom is 0.287 e. The van der Waals surface area contributed by atoms with E-state index in [4.69, 9.17) is 0 Å². The Morgan fingerprint density at radius 3 is 2.54 bits per heavy atom. The summed E-state index contributed by atoms with van der Waals surface area (Å²) in [5.41, 5.74) is 1.18. The van der Waals surface area contributed by atoms with Gasteiger partial charge in [-0.1, -0.05) is 18.2 Å². The Morgan fingerprint density at radius 2 is 2.00 bits per heavy atom. The van der Waals surface area contributed by atoms with Gasteiger partial charge in [-0.2, -0.15) is 9.90 Å². The first kappa shape index (κ1) is 7.79. The number of nitrogens with one attached hydrogen (secondary N) is 1. The van der Waals surface area contributed by atoms with E-state index in [0.717, 1.165) is 5.69 Å². The van der Waals surface area contributed by atoms with E-state index in [2.05, 4.69) is 10.2 Å². The Bertz CT molecular complexity index is 455. The molecule has 0 amide bonds. The molecule has 4 nitrogen and oxygen atoms in total. The van der Waals surface area contributed by atoms with Crippen molar-refractivity contribution in [3.05, 3.63) is 46.4 Å². The van der Waals surface area contributed by atoms with Crippen LogP contribution in [-0.4, -0.2) is 15.0 Å². The van der Waals surface area contributed by atoms with Crippen molar-refractivity contribution >= 4 is 0 Å². The first-order chi connectivity index (χ1) is 6.27. The topological polar surface area (TPSA) is 50.7 Å². The second-order valence-corrected chi connectivity index (χ2v) is 2.77. The minimum atomic E-state index is -0.149. The van der Waals surface area contributed by atoms with Crippen molar-refractivity contribution in [3.8, 4) is 5.69 Å². The van der Waals surface area contributed by atoms with Gasteiger partial charge in [0.05, 0.1) is 5.69 Å². The first-order valence-electron chi connectivity index (χ1n) is 3.99. The molecule has 2 aromatic rings. The van der Waals surface area contributed by atoms with Gasteiger partial charge in [0.2, 0.25) is 0 Å². The third kappa shape index (κ3) is 1.38. The summed E-state index contributed by atoms with van der Waals surface area (Å²) in [6, 6.07) is 9.46. The van der Waals surface area contributed by atoms with Gasteiger partial charge in [-0.15, -0.1) is 0 Å². The summed E-state index contributed by atoms with van der Waals surface area (Å²) in [6.07, 6.45) is 0. The van der Waals surface area contributed by atoms with Gasteiger partial charge in [-0.25, -0.2) is 5.10 Å². The van der Waals surface area contributed by atoms with E-state index in [1.54, 1.807) is 6.92 Å². The largest absolute Gasteiger partial charge is 0.287 e. The standard InChI is InChI=1S/C9H9N3O/c1-7-9(13)11-12(10-7)8-5-3-2-4-6-8/h2-6H,1H3,(H,11,13). The summed E-state index contributed by atoms with van der Waals surface area (Å²) in [6.45, 7) is 1.68. The predicted octanol–water partition coefficient (Wildman–Crippen LogP) is 0.869. The zero-order valence-corrected chi connectivity index (χ0v) is 7.19. The van der Waals surface area contributed by atoms with Crippen molar-refractivity contribution in [1.29, 1.82) is 0 Å². The fourth-order valence-electron chi connectivity index (χ4n) is 1.09. The number of benzene rings is 1. The number of rotatable bonds is 1. The molecule has 2 rings (SSSR count). The molecule has 0 saturated heterocycles. The second-order valence-electron chi connectivity index (χ2n) is 2.77. The van der Waals surface area contributed by atoms with Crippen LogP contribution in [0.1, 0.15) is 5.69 Å².